The van der Waals surface area contributed by atoms with Crippen LogP contribution < -0.4 is 5.32 Å². The number of nitrogens with one attached hydrogen (secondary N) is 1. The van der Waals surface area contributed by atoms with E-state index in [1.165, 1.54) is 0 Å². The van der Waals surface area contributed by atoms with E-state index in [0.29, 0.717) is 17.5 Å². The number of furan rings is 1. The molecule has 0 spiro atoms. The molecule has 0 atom stereocenters. The number of aldehydes is 1. The highest BCUT2D eigenvalue weighted by Crippen LogP contribution is 2.38. The third kappa shape index (κ3) is 5.20. The monoisotopic (exact) mass is 411 g/mol. The second-order valence-corrected chi connectivity index (χ2v) is 8.08. The van der Waals surface area contributed by atoms with Crippen molar-refractivity contribution in [3.8, 4) is 0 Å². The van der Waals surface area contributed by atoms with E-state index in [0.717, 1.165) is 5.56 Å². The Labute approximate surface area is 176 Å². The third-order valence-electron chi connectivity index (χ3n) is 5.30. The van der Waals surface area contributed by atoms with Crippen LogP contribution in [-0.4, -0.2) is 37.2 Å². The van der Waals surface area contributed by atoms with Crippen molar-refractivity contribution in [2.45, 2.75) is 45.5 Å². The number of rotatable bonds is 7. The molecule has 1 aliphatic rings. The fourth-order valence-electron chi connectivity index (χ4n) is 2.84. The van der Waals surface area contributed by atoms with Crippen LogP contribution in [0, 0.1) is 0 Å². The highest BCUT2D eigenvalue weighted by molar-refractivity contribution is 6.56. The highest BCUT2D eigenvalue weighted by atomic mass is 16.7. The van der Waals surface area contributed by atoms with E-state index in [1.54, 1.807) is 18.2 Å². The predicted molar refractivity (Wildman–Crippen MR) is 113 cm³/mol. The van der Waals surface area contributed by atoms with Crippen molar-refractivity contribution in [1.29, 1.82) is 0 Å². The molecule has 1 N–H and O–H groups in total. The van der Waals surface area contributed by atoms with E-state index in [-0.39, 0.29) is 18.9 Å². The molecule has 0 unspecified atom stereocenters. The lowest BCUT2D eigenvalue weighted by Gasteiger charge is -2.32. The van der Waals surface area contributed by atoms with Crippen molar-refractivity contribution >= 4 is 25.6 Å². The van der Waals surface area contributed by atoms with Crippen LogP contribution in [0.2, 0.25) is 0 Å². The number of hydrogen-bond acceptors (Lipinski definition) is 6. The summed E-state index contributed by atoms with van der Waals surface area (Å²) in [5.41, 5.74) is 0.451. The Balaban J connectivity index is 1.70. The molecule has 1 saturated heterocycles. The van der Waals surface area contributed by atoms with Crippen molar-refractivity contribution in [2.24, 2.45) is 0 Å². The fraction of sp³-hybridized carbons (Fsp3) is 0.364. The molecule has 2 heterocycles. The molecule has 0 saturated carbocycles. The topological polar surface area (TPSA) is 87.0 Å². The largest absolute Gasteiger partial charge is 0.492 e. The van der Waals surface area contributed by atoms with Gasteiger partial charge in [-0.3, -0.25) is 4.79 Å². The number of alkyl carbamates (subject to hydrolysis) is 1. The normalized spacial score (nSPS) is 17.6. The van der Waals surface area contributed by atoms with E-state index < -0.39 is 24.4 Å². The summed E-state index contributed by atoms with van der Waals surface area (Å²) < 4.78 is 22.9. The Kier molecular flexibility index (Phi) is 6.48. The summed E-state index contributed by atoms with van der Waals surface area (Å²) in [7, 11) is -0.686. The second kappa shape index (κ2) is 8.89. The lowest BCUT2D eigenvalue weighted by atomic mass is 9.77. The zero-order valence-corrected chi connectivity index (χ0v) is 17.6. The second-order valence-electron chi connectivity index (χ2n) is 8.08. The minimum absolute atomic E-state index is 0.127. The van der Waals surface area contributed by atoms with Gasteiger partial charge in [-0.2, -0.15) is 0 Å². The molecule has 8 heteroatoms. The smallest absolute Gasteiger partial charge is 0.454 e. The highest BCUT2D eigenvalue weighted by Gasteiger charge is 2.52. The number of ether oxygens (including phenoxy) is 1. The first kappa shape index (κ1) is 21.9. The molecule has 3 rings (SSSR count). The van der Waals surface area contributed by atoms with Crippen molar-refractivity contribution < 1.29 is 28.1 Å². The zero-order chi connectivity index (χ0) is 21.8. The molecule has 1 aromatic carbocycles. The van der Waals surface area contributed by atoms with Crippen molar-refractivity contribution in [3.63, 3.8) is 0 Å². The molecule has 0 aliphatic carbocycles. The van der Waals surface area contributed by atoms with Crippen LogP contribution >= 0.6 is 0 Å². The van der Waals surface area contributed by atoms with Gasteiger partial charge in [0.1, 0.15) is 12.4 Å². The maximum Gasteiger partial charge on any atom is 0.492 e. The summed E-state index contributed by atoms with van der Waals surface area (Å²) in [5.74, 6) is 0.672. The molecule has 1 aromatic heterocycles. The Morgan fingerprint density at radius 3 is 2.27 bits per heavy atom. The molecule has 1 aliphatic heterocycles. The van der Waals surface area contributed by atoms with Gasteiger partial charge >= 0.3 is 13.2 Å². The predicted octanol–water partition coefficient (Wildman–Crippen LogP) is 4.03. The van der Waals surface area contributed by atoms with Crippen LogP contribution in [-0.2, 0) is 20.7 Å². The van der Waals surface area contributed by atoms with Crippen LogP contribution in [0.1, 0.15) is 49.6 Å². The van der Waals surface area contributed by atoms with Gasteiger partial charge in [-0.15, -0.1) is 0 Å². The number of amides is 1. The van der Waals surface area contributed by atoms with Crippen LogP contribution in [0.5, 0.6) is 0 Å². The molecule has 158 valence electrons. The summed E-state index contributed by atoms with van der Waals surface area (Å²) >= 11 is 0. The van der Waals surface area contributed by atoms with Crippen LogP contribution in [0.25, 0.3) is 6.08 Å². The molecule has 2 aromatic rings. The van der Waals surface area contributed by atoms with Gasteiger partial charge in [-0.25, -0.2) is 4.79 Å². The standard InChI is InChI=1S/C22H26BNO6/c1-21(2)22(3,4)30-23(29-21)17(12-18-10-11-19(14-25)28-18)13-24-20(26)27-15-16-8-6-5-7-9-16/h5-12,14H,13,15H2,1-4H3,(H,24,26). The average Bonchev–Trinajstić information content (AvgIpc) is 3.25. The Bertz CT molecular complexity index is 903. The number of benzene rings is 1. The number of carbonyl (C=O) groups excluding carboxylic acids is 2. The average molecular weight is 411 g/mol. The SMILES string of the molecule is CC1(C)OB(C(=Cc2ccc(C=O)o2)CNC(=O)OCc2ccccc2)OC1(C)C. The first-order valence-electron chi connectivity index (χ1n) is 9.76. The van der Waals surface area contributed by atoms with Gasteiger partial charge in [0.25, 0.3) is 0 Å². The van der Waals surface area contributed by atoms with Crippen molar-refractivity contribution in [3.05, 3.63) is 65.0 Å². The summed E-state index contributed by atoms with van der Waals surface area (Å²) in [6.45, 7) is 8.09. The van der Waals surface area contributed by atoms with Gasteiger partial charge in [-0.1, -0.05) is 30.3 Å². The van der Waals surface area contributed by atoms with Gasteiger partial charge < -0.3 is 23.8 Å². The maximum absolute atomic E-state index is 12.2. The summed E-state index contributed by atoms with van der Waals surface area (Å²) in [5, 5.41) is 2.72. The van der Waals surface area contributed by atoms with Gasteiger partial charge in [0, 0.05) is 6.54 Å². The third-order valence-corrected chi connectivity index (χ3v) is 5.30. The van der Waals surface area contributed by atoms with E-state index in [9.17, 15) is 9.59 Å². The minimum Gasteiger partial charge on any atom is -0.454 e. The van der Waals surface area contributed by atoms with E-state index in [4.69, 9.17) is 18.5 Å². The molecular formula is C22H26BNO6. The van der Waals surface area contributed by atoms with Crippen LogP contribution in [0.4, 0.5) is 4.79 Å². The molecule has 30 heavy (non-hydrogen) atoms. The number of hydrogen-bond donors (Lipinski definition) is 1. The quantitative estimate of drug-likeness (QED) is 0.547. The Morgan fingerprint density at radius 1 is 1.03 bits per heavy atom. The van der Waals surface area contributed by atoms with E-state index in [2.05, 4.69) is 5.32 Å². The maximum atomic E-state index is 12.2. The van der Waals surface area contributed by atoms with Gasteiger partial charge in [0.15, 0.2) is 12.0 Å². The lowest BCUT2D eigenvalue weighted by Crippen LogP contribution is -2.41. The van der Waals surface area contributed by atoms with Crippen LogP contribution in [0.15, 0.2) is 52.4 Å². The molecule has 1 amide bonds. The van der Waals surface area contributed by atoms with Crippen molar-refractivity contribution in [2.75, 3.05) is 6.54 Å². The van der Waals surface area contributed by atoms with Gasteiger partial charge in [0.05, 0.1) is 11.2 Å². The lowest BCUT2D eigenvalue weighted by molar-refractivity contribution is 0.00578. The van der Waals surface area contributed by atoms with Crippen LogP contribution in [0.3, 0.4) is 0 Å². The first-order chi connectivity index (χ1) is 14.2. The molecule has 1 fully saturated rings. The summed E-state index contributed by atoms with van der Waals surface area (Å²) in [6.07, 6.45) is 1.77. The Morgan fingerprint density at radius 2 is 1.67 bits per heavy atom. The molecule has 0 radical (unpaired) electrons. The fourth-order valence-corrected chi connectivity index (χ4v) is 2.84. The summed E-state index contributed by atoms with van der Waals surface area (Å²) in [6, 6.07) is 12.7. The molecule has 7 nitrogen and oxygen atoms in total. The summed E-state index contributed by atoms with van der Waals surface area (Å²) in [4.78, 5) is 23.1. The zero-order valence-electron chi connectivity index (χ0n) is 17.6. The van der Waals surface area contributed by atoms with E-state index >= 15 is 0 Å². The minimum atomic E-state index is -0.686. The first-order valence-corrected chi connectivity index (χ1v) is 9.76. The molecular weight excluding hydrogens is 385 g/mol. The molecule has 0 bridgehead atoms. The van der Waals surface area contributed by atoms with Crippen molar-refractivity contribution in [1.82, 2.24) is 5.32 Å². The van der Waals surface area contributed by atoms with Gasteiger partial charge in [0.2, 0.25) is 0 Å². The Hall–Kier alpha value is -2.84. The number of carbonyl (C=O) groups is 2. The van der Waals surface area contributed by atoms with E-state index in [1.807, 2.05) is 58.0 Å². The van der Waals surface area contributed by atoms with Gasteiger partial charge in [-0.05, 0) is 56.9 Å².